The molecule has 0 aliphatic carbocycles. The van der Waals surface area contributed by atoms with Crippen LogP contribution in [-0.2, 0) is 19.5 Å². The van der Waals surface area contributed by atoms with Crippen LogP contribution in [0.4, 0.5) is 5.69 Å². The van der Waals surface area contributed by atoms with Crippen LogP contribution in [-0.4, -0.2) is 13.6 Å². The summed E-state index contributed by atoms with van der Waals surface area (Å²) in [5, 5.41) is 4.29. The number of rotatable bonds is 4. The van der Waals surface area contributed by atoms with Crippen molar-refractivity contribution in [3.8, 4) is 0 Å². The molecule has 0 atom stereocenters. The van der Waals surface area contributed by atoms with Gasteiger partial charge in [-0.1, -0.05) is 35.9 Å². The molecule has 3 heteroatoms. The number of nitrogens with one attached hydrogen (secondary N) is 1. The average Bonchev–Trinajstić information content (AvgIpc) is 2.47. The Bertz CT molecular complexity index is 624. The highest BCUT2D eigenvalue weighted by Gasteiger charge is 2.13. The molecular weight excluding hydrogens is 280 g/mol. The molecule has 3 rings (SSSR count). The van der Waals surface area contributed by atoms with Crippen molar-refractivity contribution in [3.63, 3.8) is 0 Å². The summed E-state index contributed by atoms with van der Waals surface area (Å²) in [6.45, 7) is 2.90. The van der Waals surface area contributed by atoms with Crippen molar-refractivity contribution in [1.82, 2.24) is 5.32 Å². The van der Waals surface area contributed by atoms with Crippen LogP contribution in [0.3, 0.4) is 0 Å². The largest absolute Gasteiger partial charge is 0.374 e. The van der Waals surface area contributed by atoms with Gasteiger partial charge in [0.25, 0.3) is 0 Å². The van der Waals surface area contributed by atoms with Crippen LogP contribution in [0, 0.1) is 0 Å². The van der Waals surface area contributed by atoms with Gasteiger partial charge < -0.3 is 10.2 Å². The van der Waals surface area contributed by atoms with E-state index in [9.17, 15) is 0 Å². The Kier molecular flexibility index (Phi) is 4.47. The molecule has 0 saturated carbocycles. The molecule has 1 aliphatic heterocycles. The second-order valence-corrected chi connectivity index (χ2v) is 6.16. The molecule has 0 aromatic heterocycles. The Morgan fingerprint density at radius 1 is 1.10 bits per heavy atom. The topological polar surface area (TPSA) is 15.3 Å². The molecule has 1 heterocycles. The summed E-state index contributed by atoms with van der Waals surface area (Å²) in [6.07, 6.45) is 2.45. The average molecular weight is 301 g/mol. The molecule has 0 unspecified atom stereocenters. The Morgan fingerprint density at radius 2 is 1.90 bits per heavy atom. The maximum absolute atomic E-state index is 6.00. The smallest absolute Gasteiger partial charge is 0.0409 e. The molecule has 0 radical (unpaired) electrons. The van der Waals surface area contributed by atoms with E-state index in [1.807, 2.05) is 18.2 Å². The molecule has 2 aromatic carbocycles. The fraction of sp³-hybridized carbons (Fsp3) is 0.333. The fourth-order valence-corrected chi connectivity index (χ4v) is 3.16. The molecule has 0 spiro atoms. The van der Waals surface area contributed by atoms with E-state index >= 15 is 0 Å². The number of benzene rings is 2. The van der Waals surface area contributed by atoms with Crippen molar-refractivity contribution in [2.24, 2.45) is 0 Å². The Balaban J connectivity index is 1.61. The summed E-state index contributed by atoms with van der Waals surface area (Å²) < 4.78 is 0. The van der Waals surface area contributed by atoms with Gasteiger partial charge in [0.2, 0.25) is 0 Å². The quantitative estimate of drug-likeness (QED) is 0.918. The third-order valence-electron chi connectivity index (χ3n) is 4.04. The molecule has 110 valence electrons. The normalized spacial score (nSPS) is 14.1. The number of fused-ring (bicyclic) bond motifs is 1. The van der Waals surface area contributed by atoms with Crippen LogP contribution in [0.5, 0.6) is 0 Å². The lowest BCUT2D eigenvalue weighted by Gasteiger charge is -2.27. The van der Waals surface area contributed by atoms with Gasteiger partial charge in [0.1, 0.15) is 0 Å². The Hall–Kier alpha value is -1.51. The molecule has 0 bridgehead atoms. The van der Waals surface area contributed by atoms with Crippen LogP contribution in [0.1, 0.15) is 23.1 Å². The molecule has 0 saturated heterocycles. The van der Waals surface area contributed by atoms with E-state index in [1.165, 1.54) is 41.8 Å². The van der Waals surface area contributed by atoms with E-state index in [0.717, 1.165) is 18.1 Å². The molecule has 1 N–H and O–H groups in total. The lowest BCUT2D eigenvalue weighted by molar-refractivity contribution is 0.689. The van der Waals surface area contributed by atoms with Crippen molar-refractivity contribution in [1.29, 1.82) is 0 Å². The third kappa shape index (κ3) is 3.58. The summed E-state index contributed by atoms with van der Waals surface area (Å²) in [6, 6.07) is 14.8. The SMILES string of the molecule is CN1CCCc2cc(CNCc3cccc(Cl)c3)ccc21. The summed E-state index contributed by atoms with van der Waals surface area (Å²) in [5.74, 6) is 0. The standard InChI is InChI=1S/C18H21ClN2/c1-21-9-3-5-16-10-15(7-8-18(16)21)13-20-12-14-4-2-6-17(19)11-14/h2,4,6-8,10-11,20H,3,5,9,12-13H2,1H3. The van der Waals surface area contributed by atoms with Gasteiger partial charge in [0.15, 0.2) is 0 Å². The molecular formula is C18H21ClN2. The van der Waals surface area contributed by atoms with Crippen molar-refractivity contribution >= 4 is 17.3 Å². The van der Waals surface area contributed by atoms with Gasteiger partial charge in [0.05, 0.1) is 0 Å². The first-order valence-corrected chi connectivity index (χ1v) is 7.88. The zero-order valence-electron chi connectivity index (χ0n) is 12.4. The second-order valence-electron chi connectivity index (χ2n) is 5.72. The minimum atomic E-state index is 0.797. The van der Waals surface area contributed by atoms with Crippen molar-refractivity contribution in [2.75, 3.05) is 18.5 Å². The molecule has 2 nitrogen and oxygen atoms in total. The van der Waals surface area contributed by atoms with Gasteiger partial charge in [-0.2, -0.15) is 0 Å². The Morgan fingerprint density at radius 3 is 2.71 bits per heavy atom. The summed E-state index contributed by atoms with van der Waals surface area (Å²) in [7, 11) is 2.18. The molecule has 2 aromatic rings. The number of anilines is 1. The first-order chi connectivity index (χ1) is 10.2. The lowest BCUT2D eigenvalue weighted by atomic mass is 9.99. The minimum Gasteiger partial charge on any atom is -0.374 e. The van der Waals surface area contributed by atoms with E-state index in [0.29, 0.717) is 0 Å². The summed E-state index contributed by atoms with van der Waals surface area (Å²) >= 11 is 6.00. The van der Waals surface area contributed by atoms with Crippen molar-refractivity contribution in [3.05, 3.63) is 64.2 Å². The third-order valence-corrected chi connectivity index (χ3v) is 4.28. The van der Waals surface area contributed by atoms with E-state index in [4.69, 9.17) is 11.6 Å². The van der Waals surface area contributed by atoms with Gasteiger partial charge in [-0.15, -0.1) is 0 Å². The van der Waals surface area contributed by atoms with Gasteiger partial charge in [0, 0.05) is 37.4 Å². The predicted molar refractivity (Wildman–Crippen MR) is 90.0 cm³/mol. The van der Waals surface area contributed by atoms with E-state index in [2.05, 4.69) is 41.5 Å². The van der Waals surface area contributed by atoms with Gasteiger partial charge in [-0.25, -0.2) is 0 Å². The number of halogens is 1. The highest BCUT2D eigenvalue weighted by atomic mass is 35.5. The maximum atomic E-state index is 6.00. The second kappa shape index (κ2) is 6.50. The van der Waals surface area contributed by atoms with E-state index in [1.54, 1.807) is 0 Å². The number of nitrogens with zero attached hydrogens (tertiary/aromatic N) is 1. The van der Waals surface area contributed by atoms with Crippen LogP contribution in [0.25, 0.3) is 0 Å². The highest BCUT2D eigenvalue weighted by molar-refractivity contribution is 6.30. The van der Waals surface area contributed by atoms with E-state index in [-0.39, 0.29) is 0 Å². The molecule has 21 heavy (non-hydrogen) atoms. The lowest BCUT2D eigenvalue weighted by Crippen LogP contribution is -2.24. The van der Waals surface area contributed by atoms with Gasteiger partial charge in [-0.3, -0.25) is 0 Å². The number of hydrogen-bond acceptors (Lipinski definition) is 2. The first kappa shape index (κ1) is 14.4. The van der Waals surface area contributed by atoms with Crippen LogP contribution in [0.15, 0.2) is 42.5 Å². The van der Waals surface area contributed by atoms with Crippen molar-refractivity contribution < 1.29 is 0 Å². The molecule has 0 fully saturated rings. The molecule has 1 aliphatic rings. The number of hydrogen-bond donors (Lipinski definition) is 1. The van der Waals surface area contributed by atoms with Crippen molar-refractivity contribution in [2.45, 2.75) is 25.9 Å². The van der Waals surface area contributed by atoms with Crippen LogP contribution >= 0.6 is 11.6 Å². The zero-order valence-corrected chi connectivity index (χ0v) is 13.2. The fourth-order valence-electron chi connectivity index (χ4n) is 2.95. The van der Waals surface area contributed by atoms with Gasteiger partial charge in [-0.05, 0) is 47.7 Å². The van der Waals surface area contributed by atoms with E-state index < -0.39 is 0 Å². The van der Waals surface area contributed by atoms with Crippen LogP contribution in [0.2, 0.25) is 5.02 Å². The summed E-state index contributed by atoms with van der Waals surface area (Å²) in [5.41, 5.74) is 5.44. The number of aryl methyl sites for hydroxylation is 1. The highest BCUT2D eigenvalue weighted by Crippen LogP contribution is 2.26. The first-order valence-electron chi connectivity index (χ1n) is 7.50. The minimum absolute atomic E-state index is 0.797. The molecule has 0 amide bonds. The summed E-state index contributed by atoms with van der Waals surface area (Å²) in [4.78, 5) is 2.35. The maximum Gasteiger partial charge on any atom is 0.0409 e. The zero-order chi connectivity index (χ0) is 14.7. The monoisotopic (exact) mass is 300 g/mol. The Labute approximate surface area is 131 Å². The van der Waals surface area contributed by atoms with Gasteiger partial charge >= 0.3 is 0 Å². The predicted octanol–water partition coefficient (Wildman–Crippen LogP) is 4.01. The van der Waals surface area contributed by atoms with Crippen LogP contribution < -0.4 is 10.2 Å².